The van der Waals surface area contributed by atoms with Crippen molar-refractivity contribution in [3.05, 3.63) is 18.0 Å². The molecule has 7 heteroatoms. The smallest absolute Gasteiger partial charge is 0.110 e. The lowest BCUT2D eigenvalue weighted by Crippen LogP contribution is -2.72. The second-order valence-corrected chi connectivity index (χ2v) is 4.61. The molecule has 1 N–H and O–H groups in total. The monoisotopic (exact) mass is 242 g/mol. The molecule has 0 aliphatic carbocycles. The van der Waals surface area contributed by atoms with Gasteiger partial charge in [-0.1, -0.05) is 0 Å². The molecule has 0 radical (unpaired) electrons. The topological polar surface area (TPSA) is 41.6 Å². The Morgan fingerprint density at radius 2 is 1.69 bits per heavy atom. The van der Waals surface area contributed by atoms with Gasteiger partial charge in [0, 0.05) is 6.20 Å². The highest BCUT2D eigenvalue weighted by Crippen LogP contribution is 2.34. The van der Waals surface area contributed by atoms with E-state index in [1.165, 1.54) is 5.69 Å². The lowest BCUT2D eigenvalue weighted by atomic mass is 10.2. The van der Waals surface area contributed by atoms with Gasteiger partial charge < -0.3 is 0 Å². The molecule has 0 amide bonds. The van der Waals surface area contributed by atoms with Crippen LogP contribution >= 0.6 is 12.4 Å². The summed E-state index contributed by atoms with van der Waals surface area (Å²) in [6, 6.07) is 2.08. The van der Waals surface area contributed by atoms with Gasteiger partial charge in [0.15, 0.2) is 0 Å². The molecule has 0 unspecified atom stereocenters. The Morgan fingerprint density at radius 3 is 2.19 bits per heavy atom. The molecular weight excluding hydrogens is 228 g/mol. The average Bonchev–Trinajstić information content (AvgIpc) is 2.69. The molecule has 0 saturated carbocycles. The molecule has 5 rings (SSSR count). The number of hydrogen-bond donors (Lipinski definition) is 1. The maximum absolute atomic E-state index is 4.05. The highest BCUT2D eigenvalue weighted by atomic mass is 35.5. The van der Waals surface area contributed by atoms with Crippen LogP contribution in [0.1, 0.15) is 11.9 Å². The van der Waals surface area contributed by atoms with E-state index in [0.717, 1.165) is 33.3 Å². The van der Waals surface area contributed by atoms with E-state index in [0.29, 0.717) is 6.17 Å². The number of aromatic nitrogens is 2. The molecule has 0 atom stereocenters. The van der Waals surface area contributed by atoms with Gasteiger partial charge in [-0.2, -0.15) is 5.10 Å². The quantitative estimate of drug-likeness (QED) is 0.743. The predicted molar refractivity (Wildman–Crippen MR) is 60.3 cm³/mol. The molecule has 0 aromatic carbocycles. The number of H-pyrrole nitrogens is 1. The number of hydrogen-bond acceptors (Lipinski definition) is 5. The number of halogens is 1. The summed E-state index contributed by atoms with van der Waals surface area (Å²) < 4.78 is 0. The summed E-state index contributed by atoms with van der Waals surface area (Å²) in [5, 5.41) is 7.14. The largest absolute Gasteiger partial charge is 0.280 e. The van der Waals surface area contributed by atoms with Gasteiger partial charge in [-0.15, -0.1) is 12.4 Å². The summed E-state index contributed by atoms with van der Waals surface area (Å²) in [5.41, 5.74) is 1.22. The van der Waals surface area contributed by atoms with Crippen LogP contribution in [0.3, 0.4) is 0 Å². The van der Waals surface area contributed by atoms with Gasteiger partial charge in [0.2, 0.25) is 0 Å². The van der Waals surface area contributed by atoms with Crippen LogP contribution in [0.4, 0.5) is 0 Å². The van der Waals surface area contributed by atoms with Gasteiger partial charge in [0.05, 0.1) is 39.0 Å². The number of rotatable bonds is 1. The summed E-state index contributed by atoms with van der Waals surface area (Å²) in [7, 11) is 0. The highest BCUT2D eigenvalue weighted by Gasteiger charge is 2.44. The van der Waals surface area contributed by atoms with E-state index in [2.05, 4.69) is 35.9 Å². The Bertz CT molecular complexity index is 338. The van der Waals surface area contributed by atoms with Crippen molar-refractivity contribution in [3.63, 3.8) is 0 Å². The lowest BCUT2D eigenvalue weighted by molar-refractivity contribution is -0.234. The third-order valence-electron chi connectivity index (χ3n) is 3.42. The van der Waals surface area contributed by atoms with Crippen LogP contribution in [0.2, 0.25) is 0 Å². The highest BCUT2D eigenvalue weighted by molar-refractivity contribution is 5.85. The van der Waals surface area contributed by atoms with Crippen molar-refractivity contribution in [1.29, 1.82) is 0 Å². The van der Waals surface area contributed by atoms with Gasteiger partial charge >= 0.3 is 0 Å². The Morgan fingerprint density at radius 1 is 1.06 bits per heavy atom. The van der Waals surface area contributed by atoms with Crippen LogP contribution in [-0.4, -0.2) is 63.1 Å². The van der Waals surface area contributed by atoms with Crippen molar-refractivity contribution in [1.82, 2.24) is 29.8 Å². The summed E-state index contributed by atoms with van der Waals surface area (Å²) in [6.45, 7) is 5.45. The molecule has 5 heterocycles. The average molecular weight is 243 g/mol. The molecule has 4 saturated heterocycles. The Kier molecular flexibility index (Phi) is 2.41. The number of nitrogens with one attached hydrogen (secondary N) is 1. The maximum atomic E-state index is 4.05. The van der Waals surface area contributed by atoms with Crippen molar-refractivity contribution in [2.45, 2.75) is 6.17 Å². The zero-order chi connectivity index (χ0) is 9.83. The Labute approximate surface area is 100 Å². The Hall–Kier alpha value is -0.660. The van der Waals surface area contributed by atoms with Crippen LogP contribution in [0.15, 0.2) is 12.3 Å². The molecule has 4 aliphatic rings. The summed E-state index contributed by atoms with van der Waals surface area (Å²) in [6.07, 6.45) is 2.24. The molecule has 0 spiro atoms. The van der Waals surface area contributed by atoms with Crippen LogP contribution in [0.25, 0.3) is 0 Å². The minimum absolute atomic E-state index is 0. The van der Waals surface area contributed by atoms with E-state index in [1.807, 2.05) is 6.20 Å². The summed E-state index contributed by atoms with van der Waals surface area (Å²) >= 11 is 0. The fourth-order valence-electron chi connectivity index (χ4n) is 3.01. The van der Waals surface area contributed by atoms with Gasteiger partial charge in [-0.05, 0) is 6.07 Å². The molecule has 4 fully saturated rings. The SMILES string of the molecule is Cl.c1cc(C2N3CN4CN(C3)CN2C4)[nH]n1. The van der Waals surface area contributed by atoms with Crippen LogP contribution in [0, 0.1) is 0 Å². The molecule has 16 heavy (non-hydrogen) atoms. The molecule has 4 bridgehead atoms. The third-order valence-corrected chi connectivity index (χ3v) is 3.42. The molecule has 6 nitrogen and oxygen atoms in total. The fourth-order valence-corrected chi connectivity index (χ4v) is 3.01. The van der Waals surface area contributed by atoms with E-state index < -0.39 is 0 Å². The maximum Gasteiger partial charge on any atom is 0.110 e. The lowest BCUT2D eigenvalue weighted by Gasteiger charge is -2.60. The number of nitrogens with zero attached hydrogens (tertiary/aromatic N) is 5. The van der Waals surface area contributed by atoms with Crippen LogP contribution in [-0.2, 0) is 0 Å². The van der Waals surface area contributed by atoms with Gasteiger partial charge in [-0.25, -0.2) is 0 Å². The van der Waals surface area contributed by atoms with E-state index in [4.69, 9.17) is 0 Å². The minimum atomic E-state index is 0. The first-order valence-electron chi connectivity index (χ1n) is 5.32. The van der Waals surface area contributed by atoms with Gasteiger partial charge in [-0.3, -0.25) is 24.7 Å². The van der Waals surface area contributed by atoms with Crippen molar-refractivity contribution >= 4 is 12.4 Å². The summed E-state index contributed by atoms with van der Waals surface area (Å²) in [4.78, 5) is 9.87. The van der Waals surface area contributed by atoms with Crippen LogP contribution < -0.4 is 0 Å². The first-order valence-corrected chi connectivity index (χ1v) is 5.32. The van der Waals surface area contributed by atoms with Crippen molar-refractivity contribution in [3.8, 4) is 0 Å². The zero-order valence-corrected chi connectivity index (χ0v) is 9.73. The van der Waals surface area contributed by atoms with E-state index in [9.17, 15) is 0 Å². The molecule has 88 valence electrons. The third kappa shape index (κ3) is 1.38. The fraction of sp³-hybridized carbons (Fsp3) is 0.667. The molecule has 4 aliphatic heterocycles. The van der Waals surface area contributed by atoms with E-state index in [-0.39, 0.29) is 12.4 Å². The van der Waals surface area contributed by atoms with Gasteiger partial charge in [0.25, 0.3) is 0 Å². The predicted octanol–water partition coefficient (Wildman–Crippen LogP) is -0.134. The van der Waals surface area contributed by atoms with Crippen molar-refractivity contribution in [2.24, 2.45) is 0 Å². The molecule has 1 aromatic heterocycles. The summed E-state index contributed by atoms with van der Waals surface area (Å²) in [5.74, 6) is 0. The zero-order valence-electron chi connectivity index (χ0n) is 8.91. The van der Waals surface area contributed by atoms with E-state index >= 15 is 0 Å². The minimum Gasteiger partial charge on any atom is -0.280 e. The van der Waals surface area contributed by atoms with Crippen molar-refractivity contribution in [2.75, 3.05) is 33.3 Å². The second kappa shape index (κ2) is 3.68. The van der Waals surface area contributed by atoms with E-state index in [1.54, 1.807) is 0 Å². The first kappa shape index (κ1) is 10.5. The number of aromatic amines is 1. The molecular formula is C9H15ClN6. The normalized spacial score (nSPS) is 44.4. The standard InChI is InChI=1S/C9H14N6.ClH/c1-2-10-11-8(1)9-14-4-12-3-13(6-14)7-15(9)5-12;/h1-2,9H,3-7H2,(H,10,11);1H. The van der Waals surface area contributed by atoms with Gasteiger partial charge in [0.1, 0.15) is 6.17 Å². The molecule has 1 aromatic rings. The second-order valence-electron chi connectivity index (χ2n) is 4.61. The first-order chi connectivity index (χ1) is 7.40. The van der Waals surface area contributed by atoms with Crippen LogP contribution in [0.5, 0.6) is 0 Å². The van der Waals surface area contributed by atoms with Crippen molar-refractivity contribution < 1.29 is 0 Å². The Balaban J connectivity index is 0.000000810.